The van der Waals surface area contributed by atoms with Gasteiger partial charge in [0, 0.05) is 5.56 Å². The van der Waals surface area contributed by atoms with Crippen LogP contribution >= 0.6 is 11.8 Å². The fourth-order valence-electron chi connectivity index (χ4n) is 2.37. The number of nitrogen functional groups attached to an aromatic ring is 1. The number of hydrogen-bond acceptors (Lipinski definition) is 5. The second kappa shape index (κ2) is 6.31. The number of rotatable bonds is 4. The van der Waals surface area contributed by atoms with E-state index < -0.39 is 11.9 Å². The summed E-state index contributed by atoms with van der Waals surface area (Å²) in [4.78, 5) is 21.7. The van der Waals surface area contributed by atoms with Gasteiger partial charge in [0.1, 0.15) is 11.6 Å². The first-order valence-corrected chi connectivity index (χ1v) is 8.02. The van der Waals surface area contributed by atoms with E-state index in [-0.39, 0.29) is 29.8 Å². The highest BCUT2D eigenvalue weighted by Crippen LogP contribution is 2.34. The molecule has 24 heavy (non-hydrogen) atoms. The van der Waals surface area contributed by atoms with E-state index in [1.807, 2.05) is 30.3 Å². The average molecular weight is 354 g/mol. The SMILES string of the molecule is Nc1nc(SCC(F)(F)F)nc2c1CC(=O)N2Cc1ccccc1. The van der Waals surface area contributed by atoms with E-state index in [2.05, 4.69) is 9.97 Å². The van der Waals surface area contributed by atoms with Gasteiger partial charge in [-0.05, 0) is 5.56 Å². The minimum Gasteiger partial charge on any atom is -0.383 e. The quantitative estimate of drug-likeness (QED) is 0.675. The number of fused-ring (bicyclic) bond motifs is 1. The van der Waals surface area contributed by atoms with E-state index >= 15 is 0 Å². The third kappa shape index (κ3) is 3.61. The summed E-state index contributed by atoms with van der Waals surface area (Å²) >= 11 is 0.452. The molecule has 0 atom stereocenters. The van der Waals surface area contributed by atoms with Crippen molar-refractivity contribution in [3.63, 3.8) is 0 Å². The molecule has 1 aromatic heterocycles. The molecule has 1 amide bonds. The van der Waals surface area contributed by atoms with Crippen LogP contribution in [0, 0.1) is 0 Å². The Morgan fingerprint density at radius 3 is 2.58 bits per heavy atom. The Kier molecular flexibility index (Phi) is 4.35. The topological polar surface area (TPSA) is 72.1 Å². The summed E-state index contributed by atoms with van der Waals surface area (Å²) in [6.07, 6.45) is -4.28. The van der Waals surface area contributed by atoms with Gasteiger partial charge >= 0.3 is 6.18 Å². The van der Waals surface area contributed by atoms with Crippen LogP contribution in [0.1, 0.15) is 11.1 Å². The summed E-state index contributed by atoms with van der Waals surface area (Å²) < 4.78 is 37.1. The van der Waals surface area contributed by atoms with E-state index in [0.29, 0.717) is 23.1 Å². The molecule has 2 heterocycles. The number of amides is 1. The number of halogens is 3. The number of alkyl halides is 3. The molecule has 0 aliphatic carbocycles. The molecule has 2 N–H and O–H groups in total. The standard InChI is InChI=1S/C15H13F3N4OS/c16-15(17,18)8-24-14-20-12(19)10-6-11(23)22(13(10)21-14)7-9-4-2-1-3-5-9/h1-5H,6-8H2,(H2,19,20,21). The molecule has 2 aromatic rings. The molecule has 1 aromatic carbocycles. The fraction of sp³-hybridized carbons (Fsp3) is 0.267. The average Bonchev–Trinajstić information content (AvgIpc) is 2.83. The maximum Gasteiger partial charge on any atom is 0.398 e. The van der Waals surface area contributed by atoms with Crippen molar-refractivity contribution >= 4 is 29.3 Å². The van der Waals surface area contributed by atoms with Gasteiger partial charge in [-0.15, -0.1) is 0 Å². The number of hydrogen-bond donors (Lipinski definition) is 1. The lowest BCUT2D eigenvalue weighted by molar-refractivity contribution is -0.117. The van der Waals surface area contributed by atoms with Gasteiger partial charge in [0.05, 0.1) is 18.7 Å². The van der Waals surface area contributed by atoms with E-state index in [1.54, 1.807) is 0 Å². The van der Waals surface area contributed by atoms with Gasteiger partial charge in [-0.25, -0.2) is 9.97 Å². The Bertz CT molecular complexity index is 767. The minimum atomic E-state index is -4.33. The van der Waals surface area contributed by atoms with Crippen LogP contribution in [0.2, 0.25) is 0 Å². The monoisotopic (exact) mass is 354 g/mol. The summed E-state index contributed by atoms with van der Waals surface area (Å²) in [6, 6.07) is 9.26. The Hall–Kier alpha value is -2.29. The number of benzene rings is 1. The van der Waals surface area contributed by atoms with E-state index in [4.69, 9.17) is 5.73 Å². The third-order valence-corrected chi connectivity index (χ3v) is 4.34. The predicted molar refractivity (Wildman–Crippen MR) is 84.6 cm³/mol. The largest absolute Gasteiger partial charge is 0.398 e. The fourth-order valence-corrected chi connectivity index (χ4v) is 2.97. The molecule has 9 heteroatoms. The van der Waals surface area contributed by atoms with Crippen molar-refractivity contribution < 1.29 is 18.0 Å². The lowest BCUT2D eigenvalue weighted by Crippen LogP contribution is -2.26. The van der Waals surface area contributed by atoms with Crippen molar-refractivity contribution in [1.82, 2.24) is 9.97 Å². The van der Waals surface area contributed by atoms with E-state index in [0.717, 1.165) is 5.56 Å². The molecule has 1 aliphatic heterocycles. The molecule has 3 rings (SSSR count). The van der Waals surface area contributed by atoms with E-state index in [1.165, 1.54) is 4.90 Å². The zero-order valence-corrected chi connectivity index (χ0v) is 13.2. The molecule has 5 nitrogen and oxygen atoms in total. The Labute approximate surface area is 140 Å². The molecule has 0 saturated heterocycles. The van der Waals surface area contributed by atoms with E-state index in [9.17, 15) is 18.0 Å². The number of aromatic nitrogens is 2. The first-order chi connectivity index (χ1) is 11.3. The molecule has 126 valence electrons. The van der Waals surface area contributed by atoms with Crippen molar-refractivity contribution in [3.8, 4) is 0 Å². The van der Waals surface area contributed by atoms with Gasteiger partial charge in [0.2, 0.25) is 5.91 Å². The zero-order chi connectivity index (χ0) is 17.3. The summed E-state index contributed by atoms with van der Waals surface area (Å²) in [5.41, 5.74) is 7.16. The second-order valence-electron chi connectivity index (χ2n) is 5.24. The number of carbonyl (C=O) groups excluding carboxylic acids is 1. The van der Waals surface area contributed by atoms with Gasteiger partial charge in [-0.2, -0.15) is 13.2 Å². The summed E-state index contributed by atoms with van der Waals surface area (Å²) in [5, 5.41) is -0.0867. The number of carbonyl (C=O) groups is 1. The van der Waals surface area contributed by atoms with Crippen LogP contribution in [-0.4, -0.2) is 27.8 Å². The Morgan fingerprint density at radius 2 is 1.92 bits per heavy atom. The van der Waals surface area contributed by atoms with Crippen molar-refractivity contribution in [2.45, 2.75) is 24.3 Å². The van der Waals surface area contributed by atoms with Crippen LogP contribution in [0.25, 0.3) is 0 Å². The van der Waals surface area contributed by atoms with Gasteiger partial charge in [0.25, 0.3) is 0 Å². The zero-order valence-electron chi connectivity index (χ0n) is 12.4. The molecule has 0 unspecified atom stereocenters. The molecule has 1 aliphatic rings. The Morgan fingerprint density at radius 1 is 1.21 bits per heavy atom. The molecule has 0 fully saturated rings. The molecular weight excluding hydrogens is 341 g/mol. The van der Waals surface area contributed by atoms with Crippen LogP contribution in [-0.2, 0) is 17.8 Å². The van der Waals surface area contributed by atoms with Gasteiger partial charge in [-0.1, -0.05) is 42.1 Å². The number of nitrogens with two attached hydrogens (primary N) is 1. The highest BCUT2D eigenvalue weighted by Gasteiger charge is 2.33. The molecular formula is C15H13F3N4OS. The minimum absolute atomic E-state index is 0.0496. The second-order valence-corrected chi connectivity index (χ2v) is 6.18. The summed E-state index contributed by atoms with van der Waals surface area (Å²) in [7, 11) is 0. The third-order valence-electron chi connectivity index (χ3n) is 3.43. The Balaban J connectivity index is 1.88. The smallest absolute Gasteiger partial charge is 0.383 e. The first kappa shape index (κ1) is 16.6. The normalized spacial score (nSPS) is 14.1. The number of anilines is 2. The van der Waals surface area contributed by atoms with Crippen molar-refractivity contribution in [2.24, 2.45) is 0 Å². The van der Waals surface area contributed by atoms with Gasteiger partial charge in [-0.3, -0.25) is 9.69 Å². The van der Waals surface area contributed by atoms with Gasteiger partial charge in [0.15, 0.2) is 5.16 Å². The summed E-state index contributed by atoms with van der Waals surface area (Å²) in [5.74, 6) is -0.972. The maximum atomic E-state index is 12.4. The predicted octanol–water partition coefficient (Wildman–Crippen LogP) is 2.80. The van der Waals surface area contributed by atoms with Crippen LogP contribution in [0.5, 0.6) is 0 Å². The van der Waals surface area contributed by atoms with Crippen LogP contribution in [0.3, 0.4) is 0 Å². The maximum absolute atomic E-state index is 12.4. The lowest BCUT2D eigenvalue weighted by Gasteiger charge is -2.17. The highest BCUT2D eigenvalue weighted by molar-refractivity contribution is 7.99. The summed E-state index contributed by atoms with van der Waals surface area (Å²) in [6.45, 7) is 0.284. The number of nitrogens with zero attached hydrogens (tertiary/aromatic N) is 3. The molecule has 0 bridgehead atoms. The van der Waals surface area contributed by atoms with Crippen molar-refractivity contribution in [1.29, 1.82) is 0 Å². The molecule has 0 radical (unpaired) electrons. The van der Waals surface area contributed by atoms with Crippen LogP contribution in [0.15, 0.2) is 35.5 Å². The van der Waals surface area contributed by atoms with Crippen molar-refractivity contribution in [3.05, 3.63) is 41.5 Å². The first-order valence-electron chi connectivity index (χ1n) is 7.04. The van der Waals surface area contributed by atoms with Gasteiger partial charge < -0.3 is 5.73 Å². The highest BCUT2D eigenvalue weighted by atomic mass is 32.2. The van der Waals surface area contributed by atoms with Crippen LogP contribution in [0.4, 0.5) is 24.8 Å². The molecule has 0 spiro atoms. The molecule has 0 saturated carbocycles. The lowest BCUT2D eigenvalue weighted by atomic mass is 10.2. The van der Waals surface area contributed by atoms with Crippen molar-refractivity contribution in [2.75, 3.05) is 16.4 Å². The van der Waals surface area contributed by atoms with Crippen LogP contribution < -0.4 is 10.6 Å². The number of thioether (sulfide) groups is 1.